The van der Waals surface area contributed by atoms with E-state index in [2.05, 4.69) is 0 Å². The number of rotatable bonds is 4. The number of carboxylic acids is 1. The Morgan fingerprint density at radius 1 is 1.16 bits per heavy atom. The van der Waals surface area contributed by atoms with Crippen molar-refractivity contribution < 1.29 is 9.90 Å². The maximum absolute atomic E-state index is 10.8. The third-order valence-electron chi connectivity index (χ3n) is 2.38. The van der Waals surface area contributed by atoms with Crippen molar-refractivity contribution in [3.63, 3.8) is 0 Å². The molecule has 0 saturated heterocycles. The van der Waals surface area contributed by atoms with Crippen LogP contribution in [-0.4, -0.2) is 5.97 Å². The van der Waals surface area contributed by atoms with Crippen molar-refractivity contribution in [3.8, 4) is 0 Å². The van der Waals surface area contributed by atoms with E-state index in [0.717, 1.165) is 4.90 Å². The highest BCUT2D eigenvalue weighted by molar-refractivity contribution is 7.99. The van der Waals surface area contributed by atoms with Crippen LogP contribution in [0.25, 0.3) is 0 Å². The minimum Gasteiger partial charge on any atom is -0.550 e. The van der Waals surface area contributed by atoms with Gasteiger partial charge in [-0.2, -0.15) is 0 Å². The van der Waals surface area contributed by atoms with Crippen LogP contribution in [0.15, 0.2) is 52.3 Å². The Morgan fingerprint density at radius 3 is 2.47 bits per heavy atom. The van der Waals surface area contributed by atoms with Crippen molar-refractivity contribution in [3.05, 3.63) is 58.1 Å². The van der Waals surface area contributed by atoms with Crippen LogP contribution < -0.4 is 5.11 Å². The van der Waals surface area contributed by atoms with Crippen LogP contribution in [0, 0.1) is 0 Å². The van der Waals surface area contributed by atoms with Crippen LogP contribution in [0.4, 0.5) is 0 Å². The highest BCUT2D eigenvalue weighted by atomic mass is 35.5. The number of carbonyl (C=O) groups is 1. The number of halogens is 2. The highest BCUT2D eigenvalue weighted by Gasteiger charge is 2.11. The molecule has 0 atom stereocenters. The summed E-state index contributed by atoms with van der Waals surface area (Å²) >= 11 is 13.5. The van der Waals surface area contributed by atoms with E-state index in [0.29, 0.717) is 20.5 Å². The normalized spacial score (nSPS) is 10.4. The zero-order valence-corrected chi connectivity index (χ0v) is 12.1. The monoisotopic (exact) mass is 311 g/mol. The van der Waals surface area contributed by atoms with Gasteiger partial charge < -0.3 is 9.90 Å². The molecule has 2 nitrogen and oxygen atoms in total. The second-order valence-electron chi connectivity index (χ2n) is 3.84. The second-order valence-corrected chi connectivity index (χ2v) is 5.77. The van der Waals surface area contributed by atoms with E-state index in [-0.39, 0.29) is 6.42 Å². The van der Waals surface area contributed by atoms with Crippen LogP contribution in [0.3, 0.4) is 0 Å². The molecular formula is C14H9Cl2O2S-. The van der Waals surface area contributed by atoms with Crippen LogP contribution in [0.5, 0.6) is 0 Å². The predicted molar refractivity (Wildman–Crippen MR) is 75.7 cm³/mol. The molecule has 0 radical (unpaired) electrons. The average Bonchev–Trinajstić information content (AvgIpc) is 2.34. The van der Waals surface area contributed by atoms with E-state index >= 15 is 0 Å². The van der Waals surface area contributed by atoms with Crippen molar-refractivity contribution in [2.24, 2.45) is 0 Å². The van der Waals surface area contributed by atoms with Gasteiger partial charge in [0.05, 0.1) is 5.02 Å². The maximum atomic E-state index is 10.8. The van der Waals surface area contributed by atoms with Crippen molar-refractivity contribution in [2.75, 3.05) is 0 Å². The first-order chi connectivity index (χ1) is 9.06. The summed E-state index contributed by atoms with van der Waals surface area (Å²) in [6.45, 7) is 0. The fraction of sp³-hybridized carbons (Fsp3) is 0.0714. The number of hydrogen-bond acceptors (Lipinski definition) is 3. The quantitative estimate of drug-likeness (QED) is 0.868. The smallest absolute Gasteiger partial charge is 0.0563 e. The largest absolute Gasteiger partial charge is 0.550 e. The topological polar surface area (TPSA) is 40.1 Å². The van der Waals surface area contributed by atoms with E-state index in [9.17, 15) is 9.90 Å². The molecule has 2 aromatic rings. The summed E-state index contributed by atoms with van der Waals surface area (Å²) in [4.78, 5) is 12.5. The van der Waals surface area contributed by atoms with Gasteiger partial charge in [-0.25, -0.2) is 0 Å². The van der Waals surface area contributed by atoms with Gasteiger partial charge in [-0.05, 0) is 29.8 Å². The summed E-state index contributed by atoms with van der Waals surface area (Å²) in [6.07, 6.45) is -0.213. The first kappa shape index (κ1) is 14.3. The van der Waals surface area contributed by atoms with Crippen LogP contribution in [-0.2, 0) is 11.2 Å². The Kier molecular flexibility index (Phi) is 4.75. The summed E-state index contributed by atoms with van der Waals surface area (Å²) < 4.78 is 0. The zero-order chi connectivity index (χ0) is 13.8. The van der Waals surface area contributed by atoms with E-state index < -0.39 is 5.97 Å². The summed E-state index contributed by atoms with van der Waals surface area (Å²) in [5, 5.41) is 11.6. The van der Waals surface area contributed by atoms with E-state index in [4.69, 9.17) is 23.2 Å². The standard InChI is InChI=1S/C14H10Cl2O2S/c15-10-6-9(7-13(17)18)14(12(16)8-10)19-11-4-2-1-3-5-11/h1-6,8H,7H2,(H,17,18)/p-1. The molecule has 0 amide bonds. The molecule has 0 aliphatic heterocycles. The lowest BCUT2D eigenvalue weighted by Crippen LogP contribution is -2.24. The molecule has 0 aliphatic carbocycles. The third kappa shape index (κ3) is 3.90. The van der Waals surface area contributed by atoms with Crippen LogP contribution in [0.2, 0.25) is 10.0 Å². The number of carbonyl (C=O) groups excluding carboxylic acids is 1. The third-order valence-corrected chi connectivity index (χ3v) is 4.21. The van der Waals surface area contributed by atoms with Crippen molar-refractivity contribution in [1.82, 2.24) is 0 Å². The molecule has 5 heteroatoms. The molecule has 0 fully saturated rings. The van der Waals surface area contributed by atoms with Crippen LogP contribution >= 0.6 is 35.0 Å². The molecule has 0 spiro atoms. The Bertz CT molecular complexity index is 600. The Labute approximate surface area is 125 Å². The number of hydrogen-bond donors (Lipinski definition) is 0. The van der Waals surface area contributed by atoms with Gasteiger partial charge in [-0.3, -0.25) is 0 Å². The van der Waals surface area contributed by atoms with Gasteiger partial charge in [0.2, 0.25) is 0 Å². The lowest BCUT2D eigenvalue weighted by molar-refractivity contribution is -0.304. The van der Waals surface area contributed by atoms with E-state index in [1.165, 1.54) is 11.8 Å². The van der Waals surface area contributed by atoms with Gasteiger partial charge in [0.15, 0.2) is 0 Å². The first-order valence-electron chi connectivity index (χ1n) is 5.47. The molecule has 0 unspecified atom stereocenters. The Hall–Kier alpha value is -1.16. The molecule has 98 valence electrons. The van der Waals surface area contributed by atoms with Crippen molar-refractivity contribution >= 4 is 40.9 Å². The SMILES string of the molecule is O=C([O-])Cc1cc(Cl)cc(Cl)c1Sc1ccccc1. The lowest BCUT2D eigenvalue weighted by Gasteiger charge is -2.12. The highest BCUT2D eigenvalue weighted by Crippen LogP contribution is 2.38. The maximum Gasteiger partial charge on any atom is 0.0563 e. The van der Waals surface area contributed by atoms with Gasteiger partial charge in [0, 0.05) is 27.2 Å². The molecule has 0 saturated carbocycles. The molecule has 19 heavy (non-hydrogen) atoms. The minimum absolute atomic E-state index is 0.213. The van der Waals surface area contributed by atoms with Gasteiger partial charge in [0.25, 0.3) is 0 Å². The number of carboxylic acid groups (broad SMARTS) is 1. The predicted octanol–water partition coefficient (Wildman–Crippen LogP) is 3.44. The zero-order valence-electron chi connectivity index (χ0n) is 9.73. The number of aliphatic carboxylic acids is 1. The van der Waals surface area contributed by atoms with Crippen molar-refractivity contribution in [2.45, 2.75) is 16.2 Å². The lowest BCUT2D eigenvalue weighted by atomic mass is 10.1. The molecule has 0 aromatic heterocycles. The molecule has 0 N–H and O–H groups in total. The van der Waals surface area contributed by atoms with Gasteiger partial charge in [-0.1, -0.05) is 53.2 Å². The molecule has 0 heterocycles. The second kappa shape index (κ2) is 6.33. The minimum atomic E-state index is -1.16. The van der Waals surface area contributed by atoms with Gasteiger partial charge >= 0.3 is 0 Å². The first-order valence-corrected chi connectivity index (χ1v) is 7.04. The number of benzene rings is 2. The van der Waals surface area contributed by atoms with Gasteiger partial charge in [-0.15, -0.1) is 0 Å². The molecule has 0 bridgehead atoms. The summed E-state index contributed by atoms with van der Waals surface area (Å²) in [5.41, 5.74) is 0.561. The fourth-order valence-corrected chi connectivity index (χ4v) is 3.22. The Balaban J connectivity index is 2.40. The fourth-order valence-electron chi connectivity index (χ4n) is 1.62. The summed E-state index contributed by atoms with van der Waals surface area (Å²) in [6, 6.07) is 12.8. The Morgan fingerprint density at radius 2 is 1.84 bits per heavy atom. The van der Waals surface area contributed by atoms with E-state index in [1.807, 2.05) is 30.3 Å². The van der Waals surface area contributed by atoms with Gasteiger partial charge in [0.1, 0.15) is 0 Å². The molecule has 2 aromatic carbocycles. The molecule has 0 aliphatic rings. The summed E-state index contributed by atoms with van der Waals surface area (Å²) in [5.74, 6) is -1.16. The molecule has 2 rings (SSSR count). The van der Waals surface area contributed by atoms with Crippen molar-refractivity contribution in [1.29, 1.82) is 0 Å². The summed E-state index contributed by atoms with van der Waals surface area (Å²) in [7, 11) is 0. The van der Waals surface area contributed by atoms with Crippen LogP contribution in [0.1, 0.15) is 5.56 Å². The average molecular weight is 312 g/mol. The molecular weight excluding hydrogens is 303 g/mol. The van der Waals surface area contributed by atoms with E-state index in [1.54, 1.807) is 12.1 Å².